The lowest BCUT2D eigenvalue weighted by molar-refractivity contribution is -0.128. The maximum Gasteiger partial charge on any atom is 0.238 e. The minimum atomic E-state index is -0.0403. The average Bonchev–Trinajstić information content (AvgIpc) is 2.45. The molecule has 5 heteroatoms. The van der Waals surface area contributed by atoms with E-state index in [1.54, 1.807) is 0 Å². The number of hydrazine groups is 1. The third-order valence-corrected chi connectivity index (χ3v) is 2.98. The van der Waals surface area contributed by atoms with Crippen LogP contribution in [-0.2, 0) is 4.79 Å². The van der Waals surface area contributed by atoms with Crippen molar-refractivity contribution in [2.24, 2.45) is 17.2 Å². The molecule has 0 aliphatic carbocycles. The number of carbonyl (C=O) groups excluding carboxylic acids is 1. The van der Waals surface area contributed by atoms with Crippen LogP contribution in [0.2, 0.25) is 0 Å². The van der Waals surface area contributed by atoms with Crippen LogP contribution in [0.4, 0.5) is 0 Å². The first kappa shape index (κ1) is 7.97. The Kier molecular flexibility index (Phi) is 1.79. The number of nitrogens with one attached hydrogen (secondary N) is 3. The summed E-state index contributed by atoms with van der Waals surface area (Å²) in [6.45, 7) is 3.54. The van der Waals surface area contributed by atoms with E-state index in [4.69, 9.17) is 5.84 Å². The van der Waals surface area contributed by atoms with E-state index in [2.05, 4.69) is 16.1 Å². The van der Waals surface area contributed by atoms with E-state index in [1.165, 1.54) is 0 Å². The van der Waals surface area contributed by atoms with Gasteiger partial charge in [0.15, 0.2) is 0 Å². The van der Waals surface area contributed by atoms with E-state index in [0.717, 1.165) is 26.2 Å². The molecule has 1 atom stereocenters. The number of amides is 1. The van der Waals surface area contributed by atoms with Gasteiger partial charge < -0.3 is 10.6 Å². The number of hydrogen-bond donors (Lipinski definition) is 4. The number of rotatable bonds is 1. The van der Waals surface area contributed by atoms with Gasteiger partial charge in [-0.05, 0) is 0 Å². The summed E-state index contributed by atoms with van der Waals surface area (Å²) in [5, 5.41) is 6.42. The van der Waals surface area contributed by atoms with Crippen LogP contribution in [0.25, 0.3) is 0 Å². The zero-order valence-corrected chi connectivity index (χ0v) is 6.89. The van der Waals surface area contributed by atoms with Crippen LogP contribution in [0.15, 0.2) is 0 Å². The molecule has 1 spiro atoms. The second kappa shape index (κ2) is 2.69. The summed E-state index contributed by atoms with van der Waals surface area (Å²) in [6, 6.07) is 0. The first-order valence-electron chi connectivity index (χ1n) is 4.20. The molecule has 5 nitrogen and oxygen atoms in total. The highest BCUT2D eigenvalue weighted by molar-refractivity contribution is 5.79. The fraction of sp³-hybridized carbons (Fsp3) is 0.857. The summed E-state index contributed by atoms with van der Waals surface area (Å²) in [4.78, 5) is 11.3. The van der Waals surface area contributed by atoms with Gasteiger partial charge in [-0.25, -0.2) is 5.84 Å². The highest BCUT2D eigenvalue weighted by Crippen LogP contribution is 2.35. The van der Waals surface area contributed by atoms with Crippen molar-refractivity contribution in [2.45, 2.75) is 0 Å². The van der Waals surface area contributed by atoms with Crippen LogP contribution >= 0.6 is 0 Å². The first-order valence-corrected chi connectivity index (χ1v) is 4.20. The molecule has 2 fully saturated rings. The molecule has 2 aliphatic rings. The molecule has 0 aromatic rings. The zero-order valence-electron chi connectivity index (χ0n) is 6.89. The molecular formula is C7H14N4O. The first-order chi connectivity index (χ1) is 5.78. The smallest absolute Gasteiger partial charge is 0.238 e. The average molecular weight is 170 g/mol. The molecule has 68 valence electrons. The Balaban J connectivity index is 2.09. The van der Waals surface area contributed by atoms with E-state index in [0.29, 0.717) is 0 Å². The second-order valence-electron chi connectivity index (χ2n) is 3.66. The lowest BCUT2D eigenvalue weighted by atomic mass is 9.73. The predicted molar refractivity (Wildman–Crippen MR) is 44.0 cm³/mol. The molecule has 1 amide bonds. The molecule has 0 bridgehead atoms. The molecule has 0 aromatic heterocycles. The topological polar surface area (TPSA) is 79.2 Å². The highest BCUT2D eigenvalue weighted by Gasteiger charge is 2.50. The van der Waals surface area contributed by atoms with Crippen LogP contribution in [0, 0.1) is 11.3 Å². The third-order valence-electron chi connectivity index (χ3n) is 2.98. The lowest BCUT2D eigenvalue weighted by Gasteiger charge is -2.42. The van der Waals surface area contributed by atoms with E-state index in [9.17, 15) is 4.79 Å². The van der Waals surface area contributed by atoms with Gasteiger partial charge >= 0.3 is 0 Å². The van der Waals surface area contributed by atoms with Crippen molar-refractivity contribution in [1.82, 2.24) is 16.1 Å². The summed E-state index contributed by atoms with van der Waals surface area (Å²) in [6.07, 6.45) is 0. The number of hydrogen-bond acceptors (Lipinski definition) is 4. The number of carbonyl (C=O) groups is 1. The van der Waals surface area contributed by atoms with Crippen LogP contribution < -0.4 is 21.9 Å². The molecule has 2 rings (SSSR count). The maximum absolute atomic E-state index is 11.3. The summed E-state index contributed by atoms with van der Waals surface area (Å²) in [5.41, 5.74) is 2.37. The van der Waals surface area contributed by atoms with E-state index < -0.39 is 0 Å². The van der Waals surface area contributed by atoms with Crippen molar-refractivity contribution in [1.29, 1.82) is 0 Å². The van der Waals surface area contributed by atoms with Gasteiger partial charge in [0.1, 0.15) is 0 Å². The number of nitrogens with two attached hydrogens (primary N) is 1. The van der Waals surface area contributed by atoms with Crippen LogP contribution in [0.5, 0.6) is 0 Å². The second-order valence-corrected chi connectivity index (χ2v) is 3.66. The Labute approximate surface area is 71.0 Å². The van der Waals surface area contributed by atoms with E-state index in [1.807, 2.05) is 0 Å². The van der Waals surface area contributed by atoms with Crippen molar-refractivity contribution in [3.05, 3.63) is 0 Å². The fourth-order valence-corrected chi connectivity index (χ4v) is 2.09. The molecule has 2 aliphatic heterocycles. The quantitative estimate of drug-likeness (QED) is 0.204. The Bertz CT molecular complexity index is 202. The van der Waals surface area contributed by atoms with Gasteiger partial charge in [0, 0.05) is 31.6 Å². The molecule has 5 N–H and O–H groups in total. The van der Waals surface area contributed by atoms with Gasteiger partial charge in [-0.3, -0.25) is 10.2 Å². The molecule has 1 unspecified atom stereocenters. The largest absolute Gasteiger partial charge is 0.315 e. The van der Waals surface area contributed by atoms with Gasteiger partial charge in [0.05, 0.1) is 5.92 Å². The maximum atomic E-state index is 11.3. The Morgan fingerprint density at radius 2 is 2.08 bits per heavy atom. The van der Waals surface area contributed by atoms with Crippen molar-refractivity contribution in [3.63, 3.8) is 0 Å². The van der Waals surface area contributed by atoms with Crippen LogP contribution in [0.3, 0.4) is 0 Å². The molecule has 0 aromatic carbocycles. The van der Waals surface area contributed by atoms with Crippen molar-refractivity contribution < 1.29 is 4.79 Å². The summed E-state index contributed by atoms with van der Waals surface area (Å²) in [7, 11) is 0. The van der Waals surface area contributed by atoms with Gasteiger partial charge in [0.2, 0.25) is 5.91 Å². The lowest BCUT2D eigenvalue weighted by Crippen LogP contribution is -2.61. The predicted octanol–water partition coefficient (Wildman–Crippen LogP) is -2.21. The zero-order chi connectivity index (χ0) is 8.60. The molecular weight excluding hydrogens is 156 g/mol. The van der Waals surface area contributed by atoms with Crippen LogP contribution in [-0.4, -0.2) is 32.1 Å². The molecule has 0 saturated carbocycles. The molecule has 0 radical (unpaired) electrons. The van der Waals surface area contributed by atoms with Crippen molar-refractivity contribution in [3.8, 4) is 0 Å². The van der Waals surface area contributed by atoms with Gasteiger partial charge in [0.25, 0.3) is 0 Å². The minimum Gasteiger partial charge on any atom is -0.315 e. The third kappa shape index (κ3) is 0.939. The van der Waals surface area contributed by atoms with Gasteiger partial charge in [-0.15, -0.1) is 0 Å². The monoisotopic (exact) mass is 170 g/mol. The van der Waals surface area contributed by atoms with E-state index in [-0.39, 0.29) is 17.2 Å². The Morgan fingerprint density at radius 1 is 1.42 bits per heavy atom. The van der Waals surface area contributed by atoms with Crippen LogP contribution in [0.1, 0.15) is 0 Å². The molecule has 2 heterocycles. The van der Waals surface area contributed by atoms with Gasteiger partial charge in [-0.1, -0.05) is 0 Å². The highest BCUT2D eigenvalue weighted by atomic mass is 16.2. The minimum absolute atomic E-state index is 0.0403. The summed E-state index contributed by atoms with van der Waals surface area (Å²) < 4.78 is 0. The van der Waals surface area contributed by atoms with Gasteiger partial charge in [-0.2, -0.15) is 0 Å². The molecule has 2 saturated heterocycles. The fourth-order valence-electron chi connectivity index (χ4n) is 2.09. The standard InChI is InChI=1S/C7H14N4O/c8-11-6(12)5-1-9-2-7(5)3-10-4-7/h5,9-10H,1-4,8H2,(H,11,12). The van der Waals surface area contributed by atoms with Crippen molar-refractivity contribution in [2.75, 3.05) is 26.2 Å². The van der Waals surface area contributed by atoms with E-state index >= 15 is 0 Å². The Morgan fingerprint density at radius 3 is 2.58 bits per heavy atom. The SMILES string of the molecule is NNC(=O)C1CNCC12CNC2. The summed E-state index contributed by atoms with van der Waals surface area (Å²) in [5.74, 6) is 5.11. The summed E-state index contributed by atoms with van der Waals surface area (Å²) >= 11 is 0. The molecule has 12 heavy (non-hydrogen) atoms. The Hall–Kier alpha value is -0.650. The van der Waals surface area contributed by atoms with Crippen molar-refractivity contribution >= 4 is 5.91 Å². The normalized spacial score (nSPS) is 31.6.